The summed E-state index contributed by atoms with van der Waals surface area (Å²) >= 11 is 0. The molecule has 0 saturated carbocycles. The Morgan fingerprint density at radius 3 is 1.00 bits per heavy atom. The molecule has 25 heavy (non-hydrogen) atoms. The van der Waals surface area contributed by atoms with E-state index in [1.807, 2.05) is 6.04 Å². The van der Waals surface area contributed by atoms with E-state index >= 15 is 0 Å². The Morgan fingerprint density at radius 2 is 0.720 bits per heavy atom. The molecule has 1 nitrogen and oxygen atoms in total. The van der Waals surface area contributed by atoms with E-state index in [9.17, 15) is 0 Å². The molecule has 0 fully saturated rings. The number of nitrogens with zero attached hydrogens (tertiary/aromatic N) is 1. The van der Waals surface area contributed by atoms with Crippen molar-refractivity contribution < 1.29 is 0 Å². The lowest BCUT2D eigenvalue weighted by molar-refractivity contribution is 0.522. The third-order valence-corrected chi connectivity index (χ3v) is 5.23. The molecule has 0 N–H and O–H groups in total. The smallest absolute Gasteiger partial charge is 0.0584 e. The molecule has 0 aromatic rings. The van der Waals surface area contributed by atoms with Crippen LogP contribution in [-0.2, 0) is 0 Å². The summed E-state index contributed by atoms with van der Waals surface area (Å²) in [6.45, 7) is 2.29. The van der Waals surface area contributed by atoms with Crippen LogP contribution < -0.4 is 5.73 Å². The lowest BCUT2D eigenvalue weighted by Gasteiger charge is -2.04. The largest absolute Gasteiger partial charge is 0.0878 e. The SMILES string of the molecule is CCCCCCCCCCCCCCCCCCCCCCC#C[N]. The molecule has 146 valence electrons. The second kappa shape index (κ2) is 23.4. The predicted molar refractivity (Wildman–Crippen MR) is 113 cm³/mol. The quantitative estimate of drug-likeness (QED) is 0.156. The van der Waals surface area contributed by atoms with Crippen molar-refractivity contribution in [3.05, 3.63) is 0 Å². The van der Waals surface area contributed by atoms with Gasteiger partial charge in [0, 0.05) is 6.42 Å². The fraction of sp³-hybridized carbons (Fsp3) is 0.917. The molecule has 0 heterocycles. The summed E-state index contributed by atoms with van der Waals surface area (Å²) in [7, 11) is 0. The molecule has 0 atom stereocenters. The molecule has 0 spiro atoms. The molecular formula is C24H45N. The van der Waals surface area contributed by atoms with Gasteiger partial charge in [0.25, 0.3) is 0 Å². The van der Waals surface area contributed by atoms with Crippen LogP contribution >= 0.6 is 0 Å². The van der Waals surface area contributed by atoms with E-state index < -0.39 is 0 Å². The highest BCUT2D eigenvalue weighted by Crippen LogP contribution is 2.14. The first-order chi connectivity index (χ1) is 12.4. The number of hydrogen-bond acceptors (Lipinski definition) is 0. The maximum Gasteiger partial charge on any atom is 0.0584 e. The third-order valence-electron chi connectivity index (χ3n) is 5.23. The van der Waals surface area contributed by atoms with Crippen LogP contribution in [0.5, 0.6) is 0 Å². The molecule has 0 aliphatic carbocycles. The molecule has 0 aliphatic heterocycles. The Hall–Kier alpha value is -0.640. The highest BCUT2D eigenvalue weighted by atomic mass is 14.4. The lowest BCUT2D eigenvalue weighted by Crippen LogP contribution is -1.84. The summed E-state index contributed by atoms with van der Waals surface area (Å²) in [6.07, 6.45) is 29.2. The second-order valence-electron chi connectivity index (χ2n) is 7.76. The Balaban J connectivity index is 2.97. The van der Waals surface area contributed by atoms with Crippen molar-refractivity contribution in [2.45, 2.75) is 142 Å². The molecule has 0 bridgehead atoms. The van der Waals surface area contributed by atoms with Crippen molar-refractivity contribution in [2.75, 3.05) is 0 Å². The van der Waals surface area contributed by atoms with Crippen molar-refractivity contribution in [2.24, 2.45) is 0 Å². The molecule has 2 radical (unpaired) electrons. The molecule has 0 aliphatic rings. The zero-order valence-electron chi connectivity index (χ0n) is 17.3. The van der Waals surface area contributed by atoms with E-state index in [0.29, 0.717) is 0 Å². The summed E-state index contributed by atoms with van der Waals surface area (Å²) in [5, 5.41) is 0. The molecule has 1 heteroatoms. The van der Waals surface area contributed by atoms with Gasteiger partial charge >= 0.3 is 0 Å². The number of unbranched alkanes of at least 4 members (excludes halogenated alkanes) is 20. The molecule has 0 unspecified atom stereocenters. The first-order valence-corrected chi connectivity index (χ1v) is 11.5. The van der Waals surface area contributed by atoms with Gasteiger partial charge in [-0.25, -0.2) is 0 Å². The fourth-order valence-electron chi connectivity index (χ4n) is 3.52. The fourth-order valence-corrected chi connectivity index (χ4v) is 3.52. The molecule has 0 amide bonds. The van der Waals surface area contributed by atoms with Crippen LogP contribution in [0.1, 0.15) is 142 Å². The second-order valence-corrected chi connectivity index (χ2v) is 7.76. The monoisotopic (exact) mass is 347 g/mol. The van der Waals surface area contributed by atoms with Crippen LogP contribution in [0.25, 0.3) is 0 Å². The maximum absolute atomic E-state index is 8.36. The van der Waals surface area contributed by atoms with Crippen LogP contribution in [0.2, 0.25) is 0 Å². The molecule has 0 aromatic carbocycles. The molecule has 0 rings (SSSR count). The van der Waals surface area contributed by atoms with Gasteiger partial charge in [-0.3, -0.25) is 0 Å². The van der Waals surface area contributed by atoms with Crippen molar-refractivity contribution >= 4 is 0 Å². The minimum atomic E-state index is 0.857. The summed E-state index contributed by atoms with van der Waals surface area (Å²) in [5.41, 5.74) is 8.36. The van der Waals surface area contributed by atoms with Gasteiger partial charge in [0.05, 0.1) is 6.04 Å². The van der Waals surface area contributed by atoms with Crippen LogP contribution in [0.3, 0.4) is 0 Å². The summed E-state index contributed by atoms with van der Waals surface area (Å²) in [5.74, 6) is 2.71. The van der Waals surface area contributed by atoms with Gasteiger partial charge in [0.15, 0.2) is 0 Å². The third kappa shape index (κ3) is 23.4. The zero-order chi connectivity index (χ0) is 18.3. The van der Waals surface area contributed by atoms with Crippen LogP contribution in [0, 0.1) is 12.0 Å². The highest BCUT2D eigenvalue weighted by molar-refractivity contribution is 4.92. The average Bonchev–Trinajstić information content (AvgIpc) is 2.63. The van der Waals surface area contributed by atoms with Crippen molar-refractivity contribution in [3.63, 3.8) is 0 Å². The Bertz CT molecular complexity index is 286. The van der Waals surface area contributed by atoms with E-state index in [1.54, 1.807) is 0 Å². The topological polar surface area (TPSA) is 22.3 Å². The van der Waals surface area contributed by atoms with Gasteiger partial charge in [0.1, 0.15) is 0 Å². The predicted octanol–water partition coefficient (Wildman–Crippen LogP) is 8.23. The lowest BCUT2D eigenvalue weighted by atomic mass is 10.0. The maximum atomic E-state index is 8.36. The minimum absolute atomic E-state index is 0.857. The number of rotatable bonds is 20. The first kappa shape index (κ1) is 24.4. The molecular weight excluding hydrogens is 302 g/mol. The average molecular weight is 348 g/mol. The van der Waals surface area contributed by atoms with Gasteiger partial charge in [0.2, 0.25) is 0 Å². The van der Waals surface area contributed by atoms with Gasteiger partial charge in [-0.05, 0) is 6.42 Å². The summed E-state index contributed by atoms with van der Waals surface area (Å²) < 4.78 is 0. The van der Waals surface area contributed by atoms with E-state index in [1.165, 1.54) is 122 Å². The Morgan fingerprint density at radius 1 is 0.440 bits per heavy atom. The molecule has 0 saturated heterocycles. The minimum Gasteiger partial charge on any atom is -0.0878 e. The van der Waals surface area contributed by atoms with E-state index in [0.717, 1.165) is 12.8 Å². The van der Waals surface area contributed by atoms with Gasteiger partial charge in [-0.2, -0.15) is 0 Å². The highest BCUT2D eigenvalue weighted by Gasteiger charge is 1.95. The van der Waals surface area contributed by atoms with Crippen molar-refractivity contribution in [1.82, 2.24) is 5.73 Å². The zero-order valence-corrected chi connectivity index (χ0v) is 17.3. The standard InChI is InChI=1S/C24H45N/c1-2-3-4-5-6-7-8-9-10-11-12-13-14-15-16-17-18-19-20-21-22-23-24-25/h2-22H2,1H3. The van der Waals surface area contributed by atoms with Gasteiger partial charge in [-0.1, -0.05) is 141 Å². The van der Waals surface area contributed by atoms with E-state index in [2.05, 4.69) is 12.8 Å². The summed E-state index contributed by atoms with van der Waals surface area (Å²) in [6, 6.07) is 1.98. The Labute approximate surface area is 159 Å². The van der Waals surface area contributed by atoms with Crippen molar-refractivity contribution in [1.29, 1.82) is 0 Å². The van der Waals surface area contributed by atoms with Gasteiger partial charge < -0.3 is 0 Å². The molecule has 0 aromatic heterocycles. The van der Waals surface area contributed by atoms with Crippen LogP contribution in [0.15, 0.2) is 0 Å². The van der Waals surface area contributed by atoms with Gasteiger partial charge in [-0.15, -0.1) is 0 Å². The first-order valence-electron chi connectivity index (χ1n) is 11.5. The van der Waals surface area contributed by atoms with Crippen LogP contribution in [0.4, 0.5) is 0 Å². The normalized spacial score (nSPS) is 10.6. The van der Waals surface area contributed by atoms with E-state index in [-0.39, 0.29) is 0 Å². The summed E-state index contributed by atoms with van der Waals surface area (Å²) in [4.78, 5) is 0. The Kier molecular flexibility index (Phi) is 22.8. The number of hydrogen-bond donors (Lipinski definition) is 0. The van der Waals surface area contributed by atoms with E-state index in [4.69, 9.17) is 5.73 Å². The van der Waals surface area contributed by atoms with Crippen LogP contribution in [-0.4, -0.2) is 0 Å². The van der Waals surface area contributed by atoms with Crippen molar-refractivity contribution in [3.8, 4) is 12.0 Å².